The van der Waals surface area contributed by atoms with E-state index in [1.165, 1.54) is 7.11 Å². The Labute approximate surface area is 163 Å². The number of methoxy groups -OCH3 is 1. The van der Waals surface area contributed by atoms with Crippen molar-refractivity contribution in [3.8, 4) is 11.1 Å². The first-order valence-electron chi connectivity index (χ1n) is 8.64. The number of rotatable bonds is 5. The fraction of sp³-hybridized carbons (Fsp3) is 0.0909. The second kappa shape index (κ2) is 7.84. The lowest BCUT2D eigenvalue weighted by Crippen LogP contribution is -2.17. The summed E-state index contributed by atoms with van der Waals surface area (Å²) in [5.74, 6) is -0.933. The number of carbonyl (C=O) groups is 2. The SMILES string of the molecule is COC(=O)c1cccc(N)c1N(C)c1ccc(-c2ccccc2C(N)=O)cc1. The number of nitrogens with zero attached hydrogens (tertiary/aromatic N) is 1. The summed E-state index contributed by atoms with van der Waals surface area (Å²) in [4.78, 5) is 25.6. The van der Waals surface area contributed by atoms with E-state index in [-0.39, 0.29) is 0 Å². The molecular weight excluding hydrogens is 354 g/mol. The molecule has 3 aromatic rings. The Hall–Kier alpha value is -3.80. The van der Waals surface area contributed by atoms with Crippen molar-refractivity contribution < 1.29 is 14.3 Å². The molecule has 0 fully saturated rings. The van der Waals surface area contributed by atoms with Crippen molar-refractivity contribution in [3.05, 3.63) is 77.9 Å². The maximum absolute atomic E-state index is 12.1. The monoisotopic (exact) mass is 375 g/mol. The zero-order chi connectivity index (χ0) is 20.3. The van der Waals surface area contributed by atoms with Gasteiger partial charge in [-0.1, -0.05) is 36.4 Å². The molecular formula is C22H21N3O3. The van der Waals surface area contributed by atoms with Crippen LogP contribution in [0.3, 0.4) is 0 Å². The fourth-order valence-corrected chi connectivity index (χ4v) is 3.15. The van der Waals surface area contributed by atoms with Crippen molar-refractivity contribution in [1.82, 2.24) is 0 Å². The number of para-hydroxylation sites is 1. The Balaban J connectivity index is 2.00. The summed E-state index contributed by atoms with van der Waals surface area (Å²) in [6.45, 7) is 0. The van der Waals surface area contributed by atoms with Gasteiger partial charge in [-0.3, -0.25) is 4.79 Å². The Morgan fingerprint density at radius 2 is 1.54 bits per heavy atom. The first-order valence-corrected chi connectivity index (χ1v) is 8.64. The number of esters is 1. The molecule has 0 saturated carbocycles. The highest BCUT2D eigenvalue weighted by Crippen LogP contribution is 2.34. The molecule has 0 spiro atoms. The number of hydrogen-bond donors (Lipinski definition) is 2. The van der Waals surface area contributed by atoms with E-state index in [1.807, 2.05) is 48.3 Å². The van der Waals surface area contributed by atoms with E-state index in [0.29, 0.717) is 22.5 Å². The van der Waals surface area contributed by atoms with Crippen LogP contribution in [0.5, 0.6) is 0 Å². The molecule has 3 rings (SSSR count). The lowest BCUT2D eigenvalue weighted by atomic mass is 9.99. The smallest absolute Gasteiger partial charge is 0.340 e. The van der Waals surface area contributed by atoms with Crippen molar-refractivity contribution in [2.45, 2.75) is 0 Å². The topological polar surface area (TPSA) is 98.7 Å². The average Bonchev–Trinajstić information content (AvgIpc) is 2.72. The number of amides is 1. The van der Waals surface area contributed by atoms with E-state index >= 15 is 0 Å². The summed E-state index contributed by atoms with van der Waals surface area (Å²) in [5.41, 5.74) is 15.9. The molecule has 0 atom stereocenters. The van der Waals surface area contributed by atoms with Crippen LogP contribution in [0.25, 0.3) is 11.1 Å². The van der Waals surface area contributed by atoms with Crippen molar-refractivity contribution in [2.75, 3.05) is 24.8 Å². The van der Waals surface area contributed by atoms with Gasteiger partial charge in [0, 0.05) is 18.3 Å². The van der Waals surface area contributed by atoms with Gasteiger partial charge in [0.1, 0.15) is 0 Å². The molecule has 0 bridgehead atoms. The highest BCUT2D eigenvalue weighted by atomic mass is 16.5. The molecule has 0 radical (unpaired) electrons. The summed E-state index contributed by atoms with van der Waals surface area (Å²) in [6.07, 6.45) is 0. The molecule has 6 heteroatoms. The molecule has 28 heavy (non-hydrogen) atoms. The van der Waals surface area contributed by atoms with E-state index in [9.17, 15) is 9.59 Å². The summed E-state index contributed by atoms with van der Waals surface area (Å²) in [5, 5.41) is 0. The maximum Gasteiger partial charge on any atom is 0.340 e. The average molecular weight is 375 g/mol. The van der Waals surface area contributed by atoms with Gasteiger partial charge in [-0.05, 0) is 41.5 Å². The van der Waals surface area contributed by atoms with Gasteiger partial charge < -0.3 is 21.1 Å². The summed E-state index contributed by atoms with van der Waals surface area (Å²) in [6, 6.07) is 19.9. The molecule has 0 aliphatic rings. The van der Waals surface area contributed by atoms with Crippen LogP contribution in [0.4, 0.5) is 17.1 Å². The van der Waals surface area contributed by atoms with Gasteiger partial charge in [0.2, 0.25) is 5.91 Å². The van der Waals surface area contributed by atoms with Gasteiger partial charge in [0.25, 0.3) is 0 Å². The molecule has 0 aromatic heterocycles. The number of anilines is 3. The lowest BCUT2D eigenvalue weighted by Gasteiger charge is -2.24. The van der Waals surface area contributed by atoms with Crippen LogP contribution in [0, 0.1) is 0 Å². The third kappa shape index (κ3) is 3.53. The normalized spacial score (nSPS) is 10.4. The highest BCUT2D eigenvalue weighted by Gasteiger charge is 2.19. The Kier molecular flexibility index (Phi) is 5.31. The minimum Gasteiger partial charge on any atom is -0.465 e. The van der Waals surface area contributed by atoms with Gasteiger partial charge in [-0.2, -0.15) is 0 Å². The maximum atomic E-state index is 12.1. The van der Waals surface area contributed by atoms with Crippen molar-refractivity contribution in [1.29, 1.82) is 0 Å². The fourth-order valence-electron chi connectivity index (χ4n) is 3.15. The third-order valence-electron chi connectivity index (χ3n) is 4.57. The number of ether oxygens (including phenoxy) is 1. The van der Waals surface area contributed by atoms with Crippen LogP contribution in [0.1, 0.15) is 20.7 Å². The molecule has 3 aromatic carbocycles. The zero-order valence-corrected chi connectivity index (χ0v) is 15.7. The molecule has 4 N–H and O–H groups in total. The molecule has 6 nitrogen and oxygen atoms in total. The standard InChI is InChI=1S/C22H21N3O3/c1-25(20-18(22(27)28-2)8-5-9-19(20)23)15-12-10-14(11-13-15)16-6-3-4-7-17(16)21(24)26/h3-13H,23H2,1-2H3,(H2,24,26). The van der Waals surface area contributed by atoms with Gasteiger partial charge in [0.15, 0.2) is 0 Å². The van der Waals surface area contributed by atoms with Crippen molar-refractivity contribution in [3.63, 3.8) is 0 Å². The largest absolute Gasteiger partial charge is 0.465 e. The second-order valence-corrected chi connectivity index (χ2v) is 6.25. The first kappa shape index (κ1) is 19.0. The van der Waals surface area contributed by atoms with E-state index in [4.69, 9.17) is 16.2 Å². The predicted molar refractivity (Wildman–Crippen MR) is 111 cm³/mol. The zero-order valence-electron chi connectivity index (χ0n) is 15.7. The number of hydrogen-bond acceptors (Lipinski definition) is 5. The van der Waals surface area contributed by atoms with Crippen LogP contribution in [0.15, 0.2) is 66.7 Å². The second-order valence-electron chi connectivity index (χ2n) is 6.25. The summed E-state index contributed by atoms with van der Waals surface area (Å²) >= 11 is 0. The van der Waals surface area contributed by atoms with Crippen LogP contribution in [0.2, 0.25) is 0 Å². The summed E-state index contributed by atoms with van der Waals surface area (Å²) in [7, 11) is 3.16. The molecule has 1 amide bonds. The van der Waals surface area contributed by atoms with E-state index in [0.717, 1.165) is 16.8 Å². The third-order valence-corrected chi connectivity index (χ3v) is 4.57. The predicted octanol–water partition coefficient (Wildman–Crippen LogP) is 3.59. The summed E-state index contributed by atoms with van der Waals surface area (Å²) < 4.78 is 4.87. The lowest BCUT2D eigenvalue weighted by molar-refractivity contribution is 0.0601. The molecule has 0 heterocycles. The number of primary amides is 1. The van der Waals surface area contributed by atoms with E-state index in [1.54, 1.807) is 30.3 Å². The Morgan fingerprint density at radius 1 is 0.893 bits per heavy atom. The number of nitrogens with two attached hydrogens (primary N) is 2. The van der Waals surface area contributed by atoms with Gasteiger partial charge in [0.05, 0.1) is 24.0 Å². The number of nitrogen functional groups attached to an aromatic ring is 1. The molecule has 0 aliphatic heterocycles. The minimum atomic E-state index is -0.475. The van der Waals surface area contributed by atoms with Crippen LogP contribution in [-0.2, 0) is 4.74 Å². The Morgan fingerprint density at radius 3 is 2.18 bits per heavy atom. The highest BCUT2D eigenvalue weighted by molar-refractivity contribution is 6.01. The van der Waals surface area contributed by atoms with E-state index in [2.05, 4.69) is 0 Å². The van der Waals surface area contributed by atoms with Crippen LogP contribution >= 0.6 is 0 Å². The Bertz CT molecular complexity index is 1030. The van der Waals surface area contributed by atoms with E-state index < -0.39 is 11.9 Å². The first-order chi connectivity index (χ1) is 13.4. The molecule has 142 valence electrons. The van der Waals surface area contributed by atoms with Gasteiger partial charge in [-0.15, -0.1) is 0 Å². The van der Waals surface area contributed by atoms with Crippen molar-refractivity contribution in [2.24, 2.45) is 5.73 Å². The van der Waals surface area contributed by atoms with Gasteiger partial charge >= 0.3 is 5.97 Å². The molecule has 0 unspecified atom stereocenters. The minimum absolute atomic E-state index is 0.383. The van der Waals surface area contributed by atoms with Gasteiger partial charge in [-0.25, -0.2) is 4.79 Å². The number of carbonyl (C=O) groups excluding carboxylic acids is 2. The number of benzene rings is 3. The van der Waals surface area contributed by atoms with Crippen LogP contribution < -0.4 is 16.4 Å². The molecule has 0 aliphatic carbocycles. The van der Waals surface area contributed by atoms with Crippen molar-refractivity contribution >= 4 is 28.9 Å². The quantitative estimate of drug-likeness (QED) is 0.524. The van der Waals surface area contributed by atoms with Crippen LogP contribution in [-0.4, -0.2) is 26.0 Å². The molecule has 0 saturated heterocycles.